The van der Waals surface area contributed by atoms with Crippen LogP contribution in [-0.2, 0) is 9.47 Å². The van der Waals surface area contributed by atoms with E-state index in [2.05, 4.69) is 0 Å². The van der Waals surface area contributed by atoms with E-state index in [0.29, 0.717) is 13.2 Å². The fourth-order valence-electron chi connectivity index (χ4n) is 2.10. The van der Waals surface area contributed by atoms with Crippen LogP contribution in [0.1, 0.15) is 41.5 Å². The Hall–Kier alpha value is -0.240. The van der Waals surface area contributed by atoms with Gasteiger partial charge in [0.15, 0.2) is 12.5 Å². The van der Waals surface area contributed by atoms with E-state index in [-0.39, 0.29) is 0 Å². The molecule has 0 aliphatic carbocycles. The topological polar surface area (TPSA) is 65.4 Å². The molecule has 2 N–H and O–H groups in total. The zero-order chi connectivity index (χ0) is 14.1. The molecular formula is C12H26N2O4. The fourth-order valence-corrected chi connectivity index (χ4v) is 2.10. The van der Waals surface area contributed by atoms with E-state index in [4.69, 9.17) is 9.47 Å². The second kappa shape index (κ2) is 5.40. The van der Waals surface area contributed by atoms with Crippen molar-refractivity contribution in [1.82, 2.24) is 10.1 Å². The van der Waals surface area contributed by atoms with Gasteiger partial charge in [-0.1, -0.05) is 0 Å². The second-order valence-corrected chi connectivity index (χ2v) is 5.50. The van der Waals surface area contributed by atoms with Crippen LogP contribution < -0.4 is 0 Å². The SMILES string of the molecule is CCOC(OCC)C1N(O)C(C)(C)C(C)(C)N1O. The number of hydrogen-bond donors (Lipinski definition) is 2. The van der Waals surface area contributed by atoms with Crippen molar-refractivity contribution in [3.63, 3.8) is 0 Å². The molecule has 6 nitrogen and oxygen atoms in total. The summed E-state index contributed by atoms with van der Waals surface area (Å²) in [5.74, 6) is 0. The lowest BCUT2D eigenvalue weighted by Crippen LogP contribution is -2.52. The van der Waals surface area contributed by atoms with Crippen molar-refractivity contribution in [3.05, 3.63) is 0 Å². The van der Waals surface area contributed by atoms with Crippen molar-refractivity contribution in [1.29, 1.82) is 0 Å². The molecule has 0 spiro atoms. The quantitative estimate of drug-likeness (QED) is 0.735. The molecule has 0 unspecified atom stereocenters. The molecule has 1 heterocycles. The van der Waals surface area contributed by atoms with Gasteiger partial charge < -0.3 is 19.9 Å². The van der Waals surface area contributed by atoms with Crippen molar-refractivity contribution in [2.45, 2.75) is 65.1 Å². The molecule has 6 heteroatoms. The summed E-state index contributed by atoms with van der Waals surface area (Å²) in [7, 11) is 0. The van der Waals surface area contributed by atoms with Crippen molar-refractivity contribution in [2.75, 3.05) is 13.2 Å². The van der Waals surface area contributed by atoms with Gasteiger partial charge in [-0.2, -0.15) is 10.1 Å². The Morgan fingerprint density at radius 3 is 1.56 bits per heavy atom. The summed E-state index contributed by atoms with van der Waals surface area (Å²) in [6, 6.07) is 0. The van der Waals surface area contributed by atoms with Gasteiger partial charge in [0.1, 0.15) is 0 Å². The molecule has 0 amide bonds. The summed E-state index contributed by atoms with van der Waals surface area (Å²) in [4.78, 5) is 0. The first kappa shape index (κ1) is 15.8. The molecule has 18 heavy (non-hydrogen) atoms. The zero-order valence-corrected chi connectivity index (χ0v) is 12.2. The van der Waals surface area contributed by atoms with E-state index < -0.39 is 23.5 Å². The highest BCUT2D eigenvalue weighted by molar-refractivity contribution is 5.06. The largest absolute Gasteiger partial charge is 0.350 e. The second-order valence-electron chi connectivity index (χ2n) is 5.50. The molecule has 1 fully saturated rings. The minimum absolute atomic E-state index is 0.448. The van der Waals surface area contributed by atoms with Crippen LogP contribution in [0.4, 0.5) is 0 Å². The molecular weight excluding hydrogens is 236 g/mol. The Balaban J connectivity index is 3.01. The summed E-state index contributed by atoms with van der Waals surface area (Å²) >= 11 is 0. The average Bonchev–Trinajstić information content (AvgIpc) is 2.39. The summed E-state index contributed by atoms with van der Waals surface area (Å²) in [6.45, 7) is 12.1. The van der Waals surface area contributed by atoms with E-state index in [1.54, 1.807) is 0 Å². The van der Waals surface area contributed by atoms with Crippen LogP contribution in [0, 0.1) is 0 Å². The number of hydrogen-bond acceptors (Lipinski definition) is 6. The normalized spacial score (nSPS) is 25.2. The van der Waals surface area contributed by atoms with Crippen LogP contribution >= 0.6 is 0 Å². The number of hydroxylamine groups is 4. The highest BCUT2D eigenvalue weighted by Crippen LogP contribution is 2.42. The zero-order valence-electron chi connectivity index (χ0n) is 12.2. The van der Waals surface area contributed by atoms with E-state index in [1.807, 2.05) is 41.5 Å². The van der Waals surface area contributed by atoms with Gasteiger partial charge in [-0.15, -0.1) is 0 Å². The van der Waals surface area contributed by atoms with Crippen LogP contribution in [0.2, 0.25) is 0 Å². The van der Waals surface area contributed by atoms with Crippen molar-refractivity contribution in [2.24, 2.45) is 0 Å². The lowest BCUT2D eigenvalue weighted by Gasteiger charge is -2.37. The van der Waals surface area contributed by atoms with E-state index >= 15 is 0 Å². The van der Waals surface area contributed by atoms with Crippen LogP contribution in [0.5, 0.6) is 0 Å². The minimum Gasteiger partial charge on any atom is -0.350 e. The Labute approximate surface area is 109 Å². The Bertz CT molecular complexity index is 257. The van der Waals surface area contributed by atoms with Gasteiger partial charge in [0.25, 0.3) is 0 Å². The first-order valence-corrected chi connectivity index (χ1v) is 6.41. The Morgan fingerprint density at radius 1 is 0.944 bits per heavy atom. The standard InChI is InChI=1S/C12H26N2O4/c1-7-17-10(18-8-2)9-13(15)11(3,4)12(5,6)14(9)16/h9-10,15-16H,7-8H2,1-6H3. The minimum atomic E-state index is -0.741. The van der Waals surface area contributed by atoms with E-state index in [9.17, 15) is 10.4 Å². The van der Waals surface area contributed by atoms with Gasteiger partial charge in [0.05, 0.1) is 11.1 Å². The third-order valence-electron chi connectivity index (χ3n) is 4.05. The molecule has 0 bridgehead atoms. The highest BCUT2D eigenvalue weighted by Gasteiger charge is 2.60. The van der Waals surface area contributed by atoms with Crippen molar-refractivity contribution >= 4 is 0 Å². The summed E-state index contributed by atoms with van der Waals surface area (Å²) < 4.78 is 10.9. The molecule has 0 aromatic carbocycles. The lowest BCUT2D eigenvalue weighted by molar-refractivity contribution is -0.302. The monoisotopic (exact) mass is 262 g/mol. The molecule has 1 saturated heterocycles. The smallest absolute Gasteiger partial charge is 0.190 e. The highest BCUT2D eigenvalue weighted by atomic mass is 16.7. The summed E-state index contributed by atoms with van der Waals surface area (Å²) in [5.41, 5.74) is -1.25. The van der Waals surface area contributed by atoms with Gasteiger partial charge in [-0.3, -0.25) is 0 Å². The molecule has 1 aliphatic heterocycles. The maximum Gasteiger partial charge on any atom is 0.190 e. The van der Waals surface area contributed by atoms with Gasteiger partial charge in [-0.25, -0.2) is 0 Å². The molecule has 0 atom stereocenters. The third kappa shape index (κ3) is 2.29. The molecule has 0 aromatic heterocycles. The van der Waals surface area contributed by atoms with Crippen LogP contribution in [-0.4, -0.2) is 57.3 Å². The number of rotatable bonds is 5. The van der Waals surface area contributed by atoms with Crippen molar-refractivity contribution in [3.8, 4) is 0 Å². The third-order valence-corrected chi connectivity index (χ3v) is 4.05. The van der Waals surface area contributed by atoms with Crippen molar-refractivity contribution < 1.29 is 19.9 Å². The van der Waals surface area contributed by atoms with E-state index in [0.717, 1.165) is 10.1 Å². The van der Waals surface area contributed by atoms with Gasteiger partial charge >= 0.3 is 0 Å². The van der Waals surface area contributed by atoms with Crippen LogP contribution in [0.3, 0.4) is 0 Å². The Morgan fingerprint density at radius 2 is 1.28 bits per heavy atom. The van der Waals surface area contributed by atoms with Gasteiger partial charge in [-0.05, 0) is 41.5 Å². The molecule has 0 aromatic rings. The summed E-state index contributed by atoms with van der Waals surface area (Å²) in [6.07, 6.45) is -1.44. The molecule has 0 radical (unpaired) electrons. The summed E-state index contributed by atoms with van der Waals surface area (Å²) in [5, 5.41) is 22.9. The van der Waals surface area contributed by atoms with E-state index in [1.165, 1.54) is 0 Å². The van der Waals surface area contributed by atoms with Gasteiger partial charge in [0.2, 0.25) is 0 Å². The first-order valence-electron chi connectivity index (χ1n) is 6.41. The number of ether oxygens (including phenoxy) is 2. The van der Waals surface area contributed by atoms with Crippen LogP contribution in [0.25, 0.3) is 0 Å². The molecule has 0 saturated carbocycles. The fraction of sp³-hybridized carbons (Fsp3) is 1.00. The molecule has 1 rings (SSSR count). The predicted molar refractivity (Wildman–Crippen MR) is 66.2 cm³/mol. The van der Waals surface area contributed by atoms with Gasteiger partial charge in [0, 0.05) is 13.2 Å². The lowest BCUT2D eigenvalue weighted by atomic mass is 9.84. The predicted octanol–water partition coefficient (Wildman–Crippen LogP) is 1.66. The number of nitrogens with zero attached hydrogens (tertiary/aromatic N) is 2. The maximum atomic E-state index is 10.3. The molecule has 1 aliphatic rings. The average molecular weight is 262 g/mol. The maximum absolute atomic E-state index is 10.3. The Kier molecular flexibility index (Phi) is 4.75. The van der Waals surface area contributed by atoms with Crippen LogP contribution in [0.15, 0.2) is 0 Å². The molecule has 108 valence electrons. The first-order chi connectivity index (χ1) is 8.21.